The van der Waals surface area contributed by atoms with Gasteiger partial charge in [-0.25, -0.2) is 4.98 Å². The molecule has 1 aromatic heterocycles. The summed E-state index contributed by atoms with van der Waals surface area (Å²) in [6.45, 7) is 12.0. The monoisotopic (exact) mass is 351 g/mol. The molecule has 0 aliphatic rings. The van der Waals surface area contributed by atoms with Crippen LogP contribution in [0.1, 0.15) is 26.3 Å². The Morgan fingerprint density at radius 2 is 1.85 bits per heavy atom. The van der Waals surface area contributed by atoms with Gasteiger partial charge in [0.2, 0.25) is 0 Å². The second kappa shape index (κ2) is 5.58. The molecule has 1 aromatic carbocycles. The van der Waals surface area contributed by atoms with Gasteiger partial charge in [0.05, 0.1) is 12.1 Å². The molecular formula is C16H22BrNOSi. The van der Waals surface area contributed by atoms with Crippen LogP contribution in [0.4, 0.5) is 0 Å². The van der Waals surface area contributed by atoms with Gasteiger partial charge >= 0.3 is 0 Å². The number of aromatic nitrogens is 1. The Morgan fingerprint density at radius 3 is 2.50 bits per heavy atom. The molecule has 108 valence electrons. The van der Waals surface area contributed by atoms with Crippen LogP contribution in [-0.2, 0) is 11.0 Å². The van der Waals surface area contributed by atoms with Gasteiger partial charge in [0.25, 0.3) is 0 Å². The molecule has 0 atom stereocenters. The minimum atomic E-state index is -1.69. The third kappa shape index (κ3) is 3.48. The van der Waals surface area contributed by atoms with Gasteiger partial charge < -0.3 is 4.43 Å². The molecule has 2 nitrogen and oxygen atoms in total. The molecule has 0 fully saturated rings. The highest BCUT2D eigenvalue weighted by molar-refractivity contribution is 9.10. The third-order valence-electron chi connectivity index (χ3n) is 4.13. The summed E-state index contributed by atoms with van der Waals surface area (Å²) < 4.78 is 7.13. The number of halogens is 1. The van der Waals surface area contributed by atoms with Crippen molar-refractivity contribution in [3.63, 3.8) is 0 Å². The first kappa shape index (κ1) is 15.7. The summed E-state index contributed by atoms with van der Waals surface area (Å²) in [4.78, 5) is 4.45. The van der Waals surface area contributed by atoms with Gasteiger partial charge in [-0.15, -0.1) is 0 Å². The zero-order valence-corrected chi connectivity index (χ0v) is 15.4. The second-order valence-corrected chi connectivity index (χ2v) is 12.3. The van der Waals surface area contributed by atoms with Gasteiger partial charge in [0.1, 0.15) is 4.60 Å². The highest BCUT2D eigenvalue weighted by atomic mass is 79.9. The Hall–Kier alpha value is -0.713. The second-order valence-electron chi connectivity index (χ2n) is 6.71. The Bertz CT molecular complexity index is 619. The summed E-state index contributed by atoms with van der Waals surface area (Å²) >= 11 is 3.40. The van der Waals surface area contributed by atoms with Crippen LogP contribution in [0.3, 0.4) is 0 Å². The normalized spacial score (nSPS) is 12.9. The third-order valence-corrected chi connectivity index (χ3v) is 9.05. The van der Waals surface area contributed by atoms with Gasteiger partial charge in [-0.05, 0) is 57.8 Å². The molecule has 0 aliphatic carbocycles. The SMILES string of the molecule is CC(C)(C)[Si](C)(C)OCc1ccc2nc(Br)ccc2c1. The van der Waals surface area contributed by atoms with Crippen molar-refractivity contribution < 1.29 is 4.43 Å². The summed E-state index contributed by atoms with van der Waals surface area (Å²) in [7, 11) is -1.69. The summed E-state index contributed by atoms with van der Waals surface area (Å²) in [6.07, 6.45) is 0. The van der Waals surface area contributed by atoms with Crippen LogP contribution < -0.4 is 0 Å². The van der Waals surface area contributed by atoms with Crippen molar-refractivity contribution in [1.29, 1.82) is 0 Å². The van der Waals surface area contributed by atoms with E-state index in [-0.39, 0.29) is 5.04 Å². The fourth-order valence-electron chi connectivity index (χ4n) is 1.72. The van der Waals surface area contributed by atoms with E-state index in [1.54, 1.807) is 0 Å². The quantitative estimate of drug-likeness (QED) is 0.536. The van der Waals surface area contributed by atoms with Crippen LogP contribution in [-0.4, -0.2) is 13.3 Å². The number of fused-ring (bicyclic) bond motifs is 1. The van der Waals surface area contributed by atoms with Crippen LogP contribution in [0, 0.1) is 0 Å². The van der Waals surface area contributed by atoms with E-state index in [1.165, 1.54) is 5.56 Å². The average Bonchev–Trinajstić information content (AvgIpc) is 2.35. The fourth-order valence-corrected chi connectivity index (χ4v) is 3.00. The van der Waals surface area contributed by atoms with Crippen LogP contribution in [0.15, 0.2) is 34.9 Å². The lowest BCUT2D eigenvalue weighted by Crippen LogP contribution is -2.40. The number of nitrogens with zero attached hydrogens (tertiary/aromatic N) is 1. The Morgan fingerprint density at radius 1 is 1.15 bits per heavy atom. The molecular weight excluding hydrogens is 330 g/mol. The summed E-state index contributed by atoms with van der Waals surface area (Å²) in [5, 5.41) is 1.40. The van der Waals surface area contributed by atoms with Crippen LogP contribution in [0.2, 0.25) is 18.1 Å². The smallest absolute Gasteiger partial charge is 0.192 e. The summed E-state index contributed by atoms with van der Waals surface area (Å²) in [5.41, 5.74) is 2.22. The lowest BCUT2D eigenvalue weighted by atomic mass is 10.1. The molecule has 0 bridgehead atoms. The number of benzene rings is 1. The Kier molecular flexibility index (Phi) is 4.37. The predicted octanol–water partition coefficient (Wildman–Crippen LogP) is 5.52. The lowest BCUT2D eigenvalue weighted by Gasteiger charge is -2.36. The van der Waals surface area contributed by atoms with E-state index in [4.69, 9.17) is 4.43 Å². The molecule has 0 radical (unpaired) electrons. The van der Waals surface area contributed by atoms with Crippen molar-refractivity contribution in [1.82, 2.24) is 4.98 Å². The van der Waals surface area contributed by atoms with Crippen molar-refractivity contribution in [2.75, 3.05) is 0 Å². The van der Waals surface area contributed by atoms with E-state index in [9.17, 15) is 0 Å². The number of rotatable bonds is 3. The Balaban J connectivity index is 2.17. The van der Waals surface area contributed by atoms with E-state index < -0.39 is 8.32 Å². The van der Waals surface area contributed by atoms with Crippen molar-refractivity contribution in [2.45, 2.75) is 45.5 Å². The molecule has 1 heterocycles. The molecule has 0 amide bonds. The molecule has 0 N–H and O–H groups in total. The first-order valence-corrected chi connectivity index (χ1v) is 10.6. The summed E-state index contributed by atoms with van der Waals surface area (Å²) in [6, 6.07) is 10.4. The minimum absolute atomic E-state index is 0.246. The van der Waals surface area contributed by atoms with E-state index >= 15 is 0 Å². The largest absolute Gasteiger partial charge is 0.413 e. The van der Waals surface area contributed by atoms with E-state index in [0.29, 0.717) is 6.61 Å². The molecule has 2 aromatic rings. The van der Waals surface area contributed by atoms with Gasteiger partial charge in [0.15, 0.2) is 8.32 Å². The van der Waals surface area contributed by atoms with E-state index in [1.807, 2.05) is 6.07 Å². The lowest BCUT2D eigenvalue weighted by molar-refractivity contribution is 0.276. The van der Waals surface area contributed by atoms with Crippen molar-refractivity contribution in [3.05, 3.63) is 40.5 Å². The average molecular weight is 352 g/mol. The zero-order chi connectivity index (χ0) is 15.0. The van der Waals surface area contributed by atoms with Crippen molar-refractivity contribution in [3.8, 4) is 0 Å². The van der Waals surface area contributed by atoms with Crippen LogP contribution in [0.5, 0.6) is 0 Å². The Labute approximate surface area is 130 Å². The molecule has 0 saturated carbocycles. The van der Waals surface area contributed by atoms with Gasteiger partial charge in [-0.1, -0.05) is 32.9 Å². The van der Waals surface area contributed by atoms with E-state index in [0.717, 1.165) is 15.5 Å². The topological polar surface area (TPSA) is 22.1 Å². The molecule has 0 aliphatic heterocycles. The molecule has 4 heteroatoms. The molecule has 0 saturated heterocycles. The van der Waals surface area contributed by atoms with Gasteiger partial charge in [-0.2, -0.15) is 0 Å². The van der Waals surface area contributed by atoms with Crippen LogP contribution in [0.25, 0.3) is 10.9 Å². The minimum Gasteiger partial charge on any atom is -0.413 e. The molecule has 0 spiro atoms. The maximum Gasteiger partial charge on any atom is 0.192 e. The van der Waals surface area contributed by atoms with Gasteiger partial charge in [-0.3, -0.25) is 0 Å². The molecule has 2 rings (SSSR count). The molecule has 20 heavy (non-hydrogen) atoms. The highest BCUT2D eigenvalue weighted by Gasteiger charge is 2.36. The number of hydrogen-bond acceptors (Lipinski definition) is 2. The maximum atomic E-state index is 6.26. The van der Waals surface area contributed by atoms with E-state index in [2.05, 4.69) is 79.0 Å². The van der Waals surface area contributed by atoms with Crippen molar-refractivity contribution >= 4 is 35.2 Å². The standard InChI is InChI=1S/C16H22BrNOSi/c1-16(2,3)20(4,5)19-11-12-6-8-14-13(10-12)7-9-15(17)18-14/h6-10H,11H2,1-5H3. The number of hydrogen-bond donors (Lipinski definition) is 0. The number of pyridine rings is 1. The van der Waals surface area contributed by atoms with Crippen molar-refractivity contribution in [2.24, 2.45) is 0 Å². The predicted molar refractivity (Wildman–Crippen MR) is 91.4 cm³/mol. The fraction of sp³-hybridized carbons (Fsp3) is 0.438. The highest BCUT2D eigenvalue weighted by Crippen LogP contribution is 2.37. The first-order valence-electron chi connectivity index (χ1n) is 6.88. The maximum absolute atomic E-state index is 6.26. The first-order chi connectivity index (χ1) is 9.19. The molecule has 0 unspecified atom stereocenters. The van der Waals surface area contributed by atoms with Gasteiger partial charge in [0, 0.05) is 5.39 Å². The zero-order valence-electron chi connectivity index (χ0n) is 12.8. The summed E-state index contributed by atoms with van der Waals surface area (Å²) in [5.74, 6) is 0. The van der Waals surface area contributed by atoms with Crippen LogP contribution >= 0.6 is 15.9 Å².